The van der Waals surface area contributed by atoms with E-state index in [1.165, 1.54) is 20.0 Å². The summed E-state index contributed by atoms with van der Waals surface area (Å²) in [5.74, 6) is 0. The summed E-state index contributed by atoms with van der Waals surface area (Å²) in [7, 11) is 1.39. The van der Waals surface area contributed by atoms with Gasteiger partial charge in [-0.3, -0.25) is 0 Å². The first-order valence-corrected chi connectivity index (χ1v) is 8.92. The van der Waals surface area contributed by atoms with Crippen LogP contribution in [0.5, 0.6) is 0 Å². The van der Waals surface area contributed by atoms with Gasteiger partial charge < -0.3 is 25.2 Å². The summed E-state index contributed by atoms with van der Waals surface area (Å²) < 4.78 is 4.73. The van der Waals surface area contributed by atoms with E-state index in [4.69, 9.17) is 4.74 Å². The fourth-order valence-electron chi connectivity index (χ4n) is 3.49. The average Bonchev–Trinajstić information content (AvgIpc) is 3.16. The van der Waals surface area contributed by atoms with Gasteiger partial charge in [0.05, 0.1) is 18.5 Å². The fraction of sp³-hybridized carbons (Fsp3) is 0.556. The standard InChI is InChI=1S/C18H26N4O3/c1-25-18(24)22-12-8-14(9-13-22)19-17(23)20-15-6-2-3-7-16(15)21-10-4-5-11-21/h2-3,6-7,14H,4-5,8-13H2,1H3,(H2,19,20,23). The zero-order chi connectivity index (χ0) is 17.6. The van der Waals surface area contributed by atoms with Gasteiger partial charge in [-0.1, -0.05) is 12.1 Å². The van der Waals surface area contributed by atoms with E-state index in [1.807, 2.05) is 18.2 Å². The molecule has 2 aliphatic rings. The van der Waals surface area contributed by atoms with E-state index in [1.54, 1.807) is 4.90 Å². The van der Waals surface area contributed by atoms with Gasteiger partial charge in [0.15, 0.2) is 0 Å². The van der Waals surface area contributed by atoms with Crippen LogP contribution in [0.4, 0.5) is 21.0 Å². The Morgan fingerprint density at radius 3 is 2.44 bits per heavy atom. The predicted octanol–water partition coefficient (Wildman–Crippen LogP) is 2.64. The van der Waals surface area contributed by atoms with Crippen LogP contribution in [-0.2, 0) is 4.74 Å². The van der Waals surface area contributed by atoms with Crippen molar-refractivity contribution in [2.75, 3.05) is 43.5 Å². The Morgan fingerprint density at radius 2 is 1.76 bits per heavy atom. The number of nitrogens with one attached hydrogen (secondary N) is 2. The Hall–Kier alpha value is -2.44. The minimum Gasteiger partial charge on any atom is -0.453 e. The van der Waals surface area contributed by atoms with Crippen molar-refractivity contribution in [3.05, 3.63) is 24.3 Å². The average molecular weight is 346 g/mol. The van der Waals surface area contributed by atoms with Crippen LogP contribution in [0.1, 0.15) is 25.7 Å². The smallest absolute Gasteiger partial charge is 0.409 e. The van der Waals surface area contributed by atoms with E-state index in [0.717, 1.165) is 37.3 Å². The summed E-state index contributed by atoms with van der Waals surface area (Å²) >= 11 is 0. The number of para-hydroxylation sites is 2. The molecule has 7 nitrogen and oxygen atoms in total. The van der Waals surface area contributed by atoms with Crippen molar-refractivity contribution in [3.63, 3.8) is 0 Å². The Bertz CT molecular complexity index is 608. The third-order valence-electron chi connectivity index (χ3n) is 4.86. The molecule has 2 N–H and O–H groups in total. The topological polar surface area (TPSA) is 73.9 Å². The lowest BCUT2D eigenvalue weighted by Crippen LogP contribution is -2.47. The summed E-state index contributed by atoms with van der Waals surface area (Å²) in [6.45, 7) is 3.27. The normalized spacial score (nSPS) is 18.1. The highest BCUT2D eigenvalue weighted by molar-refractivity contribution is 5.93. The first kappa shape index (κ1) is 17.4. The number of amides is 3. The van der Waals surface area contributed by atoms with Gasteiger partial charge in [-0.15, -0.1) is 0 Å². The number of rotatable bonds is 3. The lowest BCUT2D eigenvalue weighted by Gasteiger charge is -2.31. The molecule has 25 heavy (non-hydrogen) atoms. The van der Waals surface area contributed by atoms with Crippen LogP contribution in [0.25, 0.3) is 0 Å². The highest BCUT2D eigenvalue weighted by Crippen LogP contribution is 2.28. The van der Waals surface area contributed by atoms with Crippen molar-refractivity contribution >= 4 is 23.5 Å². The molecule has 3 rings (SSSR count). The van der Waals surface area contributed by atoms with Crippen molar-refractivity contribution in [2.45, 2.75) is 31.7 Å². The maximum Gasteiger partial charge on any atom is 0.409 e. The molecule has 1 aromatic rings. The van der Waals surface area contributed by atoms with E-state index in [0.29, 0.717) is 13.1 Å². The molecule has 0 saturated carbocycles. The summed E-state index contributed by atoms with van der Waals surface area (Å²) in [4.78, 5) is 27.8. The van der Waals surface area contributed by atoms with Crippen molar-refractivity contribution < 1.29 is 14.3 Å². The second kappa shape index (κ2) is 8.09. The van der Waals surface area contributed by atoms with E-state index in [9.17, 15) is 9.59 Å². The number of piperidine rings is 1. The quantitative estimate of drug-likeness (QED) is 0.882. The molecule has 0 spiro atoms. The highest BCUT2D eigenvalue weighted by Gasteiger charge is 2.24. The van der Waals surface area contributed by atoms with Crippen molar-refractivity contribution in [3.8, 4) is 0 Å². The minimum atomic E-state index is -0.303. The maximum atomic E-state index is 12.4. The van der Waals surface area contributed by atoms with Gasteiger partial charge >= 0.3 is 12.1 Å². The van der Waals surface area contributed by atoms with E-state index < -0.39 is 0 Å². The number of benzene rings is 1. The molecule has 0 unspecified atom stereocenters. The van der Waals surface area contributed by atoms with Gasteiger partial charge in [0, 0.05) is 32.2 Å². The Kier molecular flexibility index (Phi) is 5.63. The highest BCUT2D eigenvalue weighted by atomic mass is 16.5. The number of methoxy groups -OCH3 is 1. The Balaban J connectivity index is 1.53. The molecular weight excluding hydrogens is 320 g/mol. The zero-order valence-electron chi connectivity index (χ0n) is 14.7. The number of carbonyl (C=O) groups excluding carboxylic acids is 2. The Labute approximate surface area is 148 Å². The number of hydrogen-bond donors (Lipinski definition) is 2. The van der Waals surface area contributed by atoms with Gasteiger partial charge in [0.25, 0.3) is 0 Å². The van der Waals surface area contributed by atoms with E-state index in [-0.39, 0.29) is 18.2 Å². The van der Waals surface area contributed by atoms with E-state index >= 15 is 0 Å². The molecule has 2 aliphatic heterocycles. The number of carbonyl (C=O) groups is 2. The van der Waals surface area contributed by atoms with Crippen LogP contribution < -0.4 is 15.5 Å². The van der Waals surface area contributed by atoms with Crippen LogP contribution in [0.2, 0.25) is 0 Å². The molecule has 0 radical (unpaired) electrons. The summed E-state index contributed by atoms with van der Waals surface area (Å²) in [6.07, 6.45) is 3.55. The number of urea groups is 1. The van der Waals surface area contributed by atoms with Gasteiger partial charge in [-0.2, -0.15) is 0 Å². The molecule has 0 bridgehead atoms. The molecule has 7 heteroatoms. The fourth-order valence-corrected chi connectivity index (χ4v) is 3.49. The maximum absolute atomic E-state index is 12.4. The van der Waals surface area contributed by atoms with Crippen LogP contribution >= 0.6 is 0 Å². The number of likely N-dealkylation sites (tertiary alicyclic amines) is 1. The van der Waals surface area contributed by atoms with Gasteiger partial charge in [0.2, 0.25) is 0 Å². The van der Waals surface area contributed by atoms with Crippen molar-refractivity contribution in [2.24, 2.45) is 0 Å². The zero-order valence-corrected chi connectivity index (χ0v) is 14.7. The number of hydrogen-bond acceptors (Lipinski definition) is 4. The first-order valence-electron chi connectivity index (χ1n) is 8.92. The molecule has 2 heterocycles. The van der Waals surface area contributed by atoms with Crippen LogP contribution in [-0.4, -0.2) is 56.4 Å². The molecular formula is C18H26N4O3. The SMILES string of the molecule is COC(=O)N1CCC(NC(=O)Nc2ccccc2N2CCCC2)CC1. The summed E-state index contributed by atoms with van der Waals surface area (Å²) in [6, 6.07) is 7.80. The van der Waals surface area contributed by atoms with Gasteiger partial charge in [0.1, 0.15) is 0 Å². The number of nitrogens with zero attached hydrogens (tertiary/aromatic N) is 2. The number of anilines is 2. The Morgan fingerprint density at radius 1 is 1.08 bits per heavy atom. The van der Waals surface area contributed by atoms with Crippen LogP contribution in [0.15, 0.2) is 24.3 Å². The molecule has 0 aliphatic carbocycles. The minimum absolute atomic E-state index is 0.0693. The van der Waals surface area contributed by atoms with Crippen LogP contribution in [0.3, 0.4) is 0 Å². The van der Waals surface area contributed by atoms with Gasteiger partial charge in [-0.25, -0.2) is 9.59 Å². The second-order valence-electron chi connectivity index (χ2n) is 6.54. The first-order chi connectivity index (χ1) is 12.2. The molecule has 136 valence electrons. The van der Waals surface area contributed by atoms with E-state index in [2.05, 4.69) is 21.6 Å². The molecule has 2 fully saturated rings. The van der Waals surface area contributed by atoms with Crippen molar-refractivity contribution in [1.29, 1.82) is 0 Å². The molecule has 3 amide bonds. The monoisotopic (exact) mass is 346 g/mol. The lowest BCUT2D eigenvalue weighted by atomic mass is 10.1. The predicted molar refractivity (Wildman–Crippen MR) is 97.0 cm³/mol. The summed E-state index contributed by atoms with van der Waals surface area (Å²) in [5, 5.41) is 6.00. The molecule has 0 aromatic heterocycles. The van der Waals surface area contributed by atoms with Crippen LogP contribution in [0, 0.1) is 0 Å². The molecule has 0 atom stereocenters. The molecule has 2 saturated heterocycles. The van der Waals surface area contributed by atoms with Crippen molar-refractivity contribution in [1.82, 2.24) is 10.2 Å². The largest absolute Gasteiger partial charge is 0.453 e. The lowest BCUT2D eigenvalue weighted by molar-refractivity contribution is 0.110. The van der Waals surface area contributed by atoms with Gasteiger partial charge in [-0.05, 0) is 37.8 Å². The summed E-state index contributed by atoms with van der Waals surface area (Å²) in [5.41, 5.74) is 1.92. The molecule has 1 aromatic carbocycles. The number of ether oxygens (including phenoxy) is 1. The third kappa shape index (κ3) is 4.35. The second-order valence-corrected chi connectivity index (χ2v) is 6.54. The third-order valence-corrected chi connectivity index (χ3v) is 4.86.